The van der Waals surface area contributed by atoms with E-state index in [1.54, 1.807) is 0 Å². The van der Waals surface area contributed by atoms with E-state index in [2.05, 4.69) is 4.98 Å². The summed E-state index contributed by atoms with van der Waals surface area (Å²) in [5.74, 6) is -1.89. The molecule has 1 nitrogen and oxygen atoms in total. The predicted octanol–water partition coefficient (Wildman–Crippen LogP) is 4.99. The molecule has 0 atom stereocenters. The van der Waals surface area contributed by atoms with Crippen molar-refractivity contribution in [1.29, 1.82) is 0 Å². The zero-order chi connectivity index (χ0) is 12.6. The molecule has 0 fully saturated rings. The summed E-state index contributed by atoms with van der Waals surface area (Å²) < 4.78 is 26.2. The molecule has 0 radical (unpaired) electrons. The van der Waals surface area contributed by atoms with E-state index in [-0.39, 0.29) is 21.2 Å². The zero-order valence-corrected chi connectivity index (χ0v) is 10.4. The number of halogens is 5. The lowest BCUT2D eigenvalue weighted by Gasteiger charge is -2.08. The molecule has 0 amide bonds. The molecule has 0 N–H and O–H groups in total. The third-order valence-corrected chi connectivity index (χ3v) is 2.91. The maximum Gasteiger partial charge on any atom is 0.223 e. The van der Waals surface area contributed by atoms with E-state index in [0.29, 0.717) is 5.02 Å². The van der Waals surface area contributed by atoms with E-state index in [1.807, 2.05) is 0 Å². The fraction of sp³-hybridized carbons (Fsp3) is 0. The number of aromatic nitrogens is 1. The number of nitrogens with zero attached hydrogens (tertiary/aromatic N) is 1. The Morgan fingerprint density at radius 1 is 0.941 bits per heavy atom. The molecule has 17 heavy (non-hydrogen) atoms. The summed E-state index contributed by atoms with van der Waals surface area (Å²) in [5, 5.41) is 0.684. The summed E-state index contributed by atoms with van der Waals surface area (Å²) in [7, 11) is 0. The lowest BCUT2D eigenvalue weighted by atomic mass is 10.1. The highest BCUT2D eigenvalue weighted by Gasteiger charge is 2.15. The Labute approximate surface area is 111 Å². The second kappa shape index (κ2) is 4.77. The molecule has 0 aliphatic carbocycles. The zero-order valence-electron chi connectivity index (χ0n) is 8.15. The van der Waals surface area contributed by atoms with Gasteiger partial charge in [0, 0.05) is 16.1 Å². The van der Waals surface area contributed by atoms with E-state index in [0.717, 1.165) is 6.07 Å². The van der Waals surface area contributed by atoms with Gasteiger partial charge in [0.05, 0.1) is 10.0 Å². The lowest BCUT2D eigenvalue weighted by Crippen LogP contribution is -1.93. The minimum atomic E-state index is -0.976. The van der Waals surface area contributed by atoms with Crippen molar-refractivity contribution in [1.82, 2.24) is 4.98 Å². The third kappa shape index (κ3) is 2.51. The number of hydrogen-bond donors (Lipinski definition) is 0. The molecule has 1 aromatic heterocycles. The molecular weight excluding hydrogens is 290 g/mol. The summed E-state index contributed by atoms with van der Waals surface area (Å²) in [6, 6.07) is 5.10. The van der Waals surface area contributed by atoms with Crippen molar-refractivity contribution < 1.29 is 8.78 Å². The van der Waals surface area contributed by atoms with Crippen LogP contribution in [0, 0.1) is 11.9 Å². The molecule has 1 aromatic carbocycles. The van der Waals surface area contributed by atoms with Gasteiger partial charge < -0.3 is 0 Å². The Balaban J connectivity index is 2.68. The average Bonchev–Trinajstić information content (AvgIpc) is 2.19. The Hall–Kier alpha value is -0.900. The van der Waals surface area contributed by atoms with Gasteiger partial charge in [0.15, 0.2) is 0 Å². The van der Waals surface area contributed by atoms with Gasteiger partial charge in [-0.2, -0.15) is 13.8 Å². The summed E-state index contributed by atoms with van der Waals surface area (Å²) >= 11 is 17.6. The number of pyridine rings is 1. The van der Waals surface area contributed by atoms with Crippen LogP contribution in [0.15, 0.2) is 24.3 Å². The molecule has 0 saturated heterocycles. The molecule has 1 heterocycles. The highest BCUT2D eigenvalue weighted by atomic mass is 35.5. The number of benzene rings is 1. The molecule has 2 aromatic rings. The van der Waals surface area contributed by atoms with Gasteiger partial charge in [-0.3, -0.25) is 0 Å². The van der Waals surface area contributed by atoms with Crippen LogP contribution >= 0.6 is 34.8 Å². The minimum Gasteiger partial charge on any atom is -0.190 e. The van der Waals surface area contributed by atoms with E-state index < -0.39 is 11.9 Å². The first-order valence-corrected chi connectivity index (χ1v) is 5.59. The van der Waals surface area contributed by atoms with E-state index in [9.17, 15) is 8.78 Å². The van der Waals surface area contributed by atoms with Gasteiger partial charge in [-0.05, 0) is 24.3 Å². The molecule has 2 rings (SSSR count). The first-order chi connectivity index (χ1) is 7.99. The van der Waals surface area contributed by atoms with Crippen molar-refractivity contribution in [2.45, 2.75) is 0 Å². The Morgan fingerprint density at radius 2 is 1.53 bits per heavy atom. The van der Waals surface area contributed by atoms with Gasteiger partial charge in [0.25, 0.3) is 0 Å². The van der Waals surface area contributed by atoms with Crippen molar-refractivity contribution in [3.05, 3.63) is 51.2 Å². The summed E-state index contributed by atoms with van der Waals surface area (Å²) in [4.78, 5) is 3.07. The second-order valence-corrected chi connectivity index (χ2v) is 4.47. The van der Waals surface area contributed by atoms with Crippen molar-refractivity contribution >= 4 is 34.8 Å². The van der Waals surface area contributed by atoms with Gasteiger partial charge in [-0.25, -0.2) is 0 Å². The summed E-state index contributed by atoms with van der Waals surface area (Å²) in [5.41, 5.74) is 0.265. The average molecular weight is 295 g/mol. The van der Waals surface area contributed by atoms with E-state index in [1.165, 1.54) is 18.2 Å². The van der Waals surface area contributed by atoms with Gasteiger partial charge in [0.2, 0.25) is 11.9 Å². The maximum absolute atomic E-state index is 13.5. The predicted molar refractivity (Wildman–Crippen MR) is 64.6 cm³/mol. The van der Waals surface area contributed by atoms with Gasteiger partial charge in [-0.1, -0.05) is 34.8 Å². The van der Waals surface area contributed by atoms with Crippen LogP contribution in [0.3, 0.4) is 0 Å². The fourth-order valence-electron chi connectivity index (χ4n) is 1.40. The van der Waals surface area contributed by atoms with Crippen LogP contribution in [0.5, 0.6) is 0 Å². The number of hydrogen-bond acceptors (Lipinski definition) is 1. The largest absolute Gasteiger partial charge is 0.223 e. The highest BCUT2D eigenvalue weighted by molar-refractivity contribution is 6.41. The minimum absolute atomic E-state index is 0.0260. The van der Waals surface area contributed by atoms with Crippen LogP contribution in [0.2, 0.25) is 15.1 Å². The standard InChI is InChI=1S/C11H4Cl3F2N/c12-5-3-7(13)10(8(14)4-5)6-1-2-9(15)17-11(6)16/h1-4H. The van der Waals surface area contributed by atoms with Crippen molar-refractivity contribution in [2.75, 3.05) is 0 Å². The van der Waals surface area contributed by atoms with Gasteiger partial charge in [-0.15, -0.1) is 0 Å². The van der Waals surface area contributed by atoms with E-state index >= 15 is 0 Å². The first-order valence-electron chi connectivity index (χ1n) is 4.46. The Morgan fingerprint density at radius 3 is 2.06 bits per heavy atom. The topological polar surface area (TPSA) is 12.9 Å². The molecule has 0 aliphatic rings. The lowest BCUT2D eigenvalue weighted by molar-refractivity contribution is 0.515. The van der Waals surface area contributed by atoms with Gasteiger partial charge in [0.1, 0.15) is 0 Å². The first kappa shape index (κ1) is 12.6. The number of rotatable bonds is 1. The molecule has 6 heteroatoms. The van der Waals surface area contributed by atoms with Crippen LogP contribution in [0.1, 0.15) is 0 Å². The second-order valence-electron chi connectivity index (χ2n) is 3.22. The van der Waals surface area contributed by atoms with Crippen LogP contribution in [0.4, 0.5) is 8.78 Å². The summed E-state index contributed by atoms with van der Waals surface area (Å²) in [6.07, 6.45) is 0. The van der Waals surface area contributed by atoms with Crippen LogP contribution < -0.4 is 0 Å². The van der Waals surface area contributed by atoms with Crippen molar-refractivity contribution in [3.63, 3.8) is 0 Å². The van der Waals surface area contributed by atoms with Crippen molar-refractivity contribution in [2.24, 2.45) is 0 Å². The maximum atomic E-state index is 13.5. The Bertz CT molecular complexity index is 564. The smallest absolute Gasteiger partial charge is 0.190 e. The summed E-state index contributed by atoms with van der Waals surface area (Å²) in [6.45, 7) is 0. The highest BCUT2D eigenvalue weighted by Crippen LogP contribution is 2.37. The van der Waals surface area contributed by atoms with Crippen LogP contribution in [0.25, 0.3) is 11.1 Å². The van der Waals surface area contributed by atoms with Crippen molar-refractivity contribution in [3.8, 4) is 11.1 Å². The fourth-order valence-corrected chi connectivity index (χ4v) is 2.42. The molecule has 0 bridgehead atoms. The Kier molecular flexibility index (Phi) is 3.52. The molecule has 0 spiro atoms. The normalized spacial score (nSPS) is 10.6. The molecular formula is C11H4Cl3F2N. The molecule has 0 saturated carbocycles. The van der Waals surface area contributed by atoms with E-state index in [4.69, 9.17) is 34.8 Å². The van der Waals surface area contributed by atoms with Crippen LogP contribution in [-0.2, 0) is 0 Å². The molecule has 0 unspecified atom stereocenters. The SMILES string of the molecule is Fc1ccc(-c2c(Cl)cc(Cl)cc2Cl)c(F)n1. The quantitative estimate of drug-likeness (QED) is 0.675. The van der Waals surface area contributed by atoms with Gasteiger partial charge >= 0.3 is 0 Å². The monoisotopic (exact) mass is 293 g/mol. The molecule has 88 valence electrons. The van der Waals surface area contributed by atoms with Crippen LogP contribution in [-0.4, -0.2) is 4.98 Å². The third-order valence-electron chi connectivity index (χ3n) is 2.09. The molecule has 0 aliphatic heterocycles.